The summed E-state index contributed by atoms with van der Waals surface area (Å²) in [5.74, 6) is 1.13. The fourth-order valence-corrected chi connectivity index (χ4v) is 3.79. The zero-order valence-corrected chi connectivity index (χ0v) is 14.1. The smallest absolute Gasteiger partial charge is 0.237 e. The van der Waals surface area contributed by atoms with Crippen LogP contribution in [0.5, 0.6) is 0 Å². The van der Waals surface area contributed by atoms with Gasteiger partial charge in [0.25, 0.3) is 0 Å². The summed E-state index contributed by atoms with van der Waals surface area (Å²) >= 11 is 1.74. The van der Waals surface area contributed by atoms with E-state index in [2.05, 4.69) is 24.4 Å². The molecular weight excluding hydrogens is 304 g/mol. The zero-order valence-electron chi connectivity index (χ0n) is 12.5. The van der Waals surface area contributed by atoms with Crippen LogP contribution in [-0.4, -0.2) is 24.2 Å². The second-order valence-electron chi connectivity index (χ2n) is 5.28. The average Bonchev–Trinajstić information content (AvgIpc) is 2.50. The topological polar surface area (TPSA) is 55.1 Å². The van der Waals surface area contributed by atoms with Crippen molar-refractivity contribution in [1.29, 1.82) is 0 Å². The van der Waals surface area contributed by atoms with E-state index in [4.69, 9.17) is 5.73 Å². The summed E-state index contributed by atoms with van der Waals surface area (Å²) in [4.78, 5) is 12.5. The van der Waals surface area contributed by atoms with Gasteiger partial charge in [-0.15, -0.1) is 24.2 Å². The molecule has 118 valence electrons. The highest BCUT2D eigenvalue weighted by Crippen LogP contribution is 2.36. The summed E-state index contributed by atoms with van der Waals surface area (Å²) in [7, 11) is 0. The van der Waals surface area contributed by atoms with E-state index in [1.807, 2.05) is 12.1 Å². The molecule has 1 aromatic carbocycles. The van der Waals surface area contributed by atoms with Gasteiger partial charge in [0.2, 0.25) is 5.91 Å². The first-order valence-electron chi connectivity index (χ1n) is 7.46. The standard InChI is InChI=1S/C16H24N2OS.ClH/c1-2-3-7-13(11-17)18-16(19)15-14-8-5-4-6-12(14)9-10-20-15;/h4-6,8,13,15H,2-3,7,9-11,17H2,1H3,(H,18,19);1H. The molecule has 2 unspecified atom stereocenters. The van der Waals surface area contributed by atoms with Crippen molar-refractivity contribution in [3.05, 3.63) is 35.4 Å². The third-order valence-electron chi connectivity index (χ3n) is 3.77. The molecule has 0 spiro atoms. The molecule has 1 amide bonds. The van der Waals surface area contributed by atoms with Crippen LogP contribution in [0.4, 0.5) is 0 Å². The Morgan fingerprint density at radius 2 is 2.24 bits per heavy atom. The lowest BCUT2D eigenvalue weighted by atomic mass is 10.0. The SMILES string of the molecule is CCCCC(CN)NC(=O)C1SCCc2ccccc21.Cl. The second kappa shape index (κ2) is 9.34. The molecule has 1 aromatic rings. The van der Waals surface area contributed by atoms with Gasteiger partial charge in [-0.2, -0.15) is 0 Å². The van der Waals surface area contributed by atoms with Crippen LogP contribution in [0.15, 0.2) is 24.3 Å². The first-order chi connectivity index (χ1) is 9.76. The van der Waals surface area contributed by atoms with Crippen molar-refractivity contribution in [1.82, 2.24) is 5.32 Å². The number of nitrogens with two attached hydrogens (primary N) is 1. The average molecular weight is 329 g/mol. The predicted octanol–water partition coefficient (Wildman–Crippen LogP) is 3.07. The Kier molecular flexibility index (Phi) is 8.15. The Morgan fingerprint density at radius 1 is 1.48 bits per heavy atom. The fourth-order valence-electron chi connectivity index (χ4n) is 2.59. The molecule has 2 rings (SSSR count). The van der Waals surface area contributed by atoms with E-state index in [9.17, 15) is 4.79 Å². The van der Waals surface area contributed by atoms with E-state index in [0.717, 1.165) is 31.4 Å². The number of fused-ring (bicyclic) bond motifs is 1. The molecule has 5 heteroatoms. The van der Waals surface area contributed by atoms with Crippen LogP contribution in [0.2, 0.25) is 0 Å². The normalized spacial score (nSPS) is 18.3. The molecule has 1 aliphatic heterocycles. The summed E-state index contributed by atoms with van der Waals surface area (Å²) in [5, 5.41) is 3.05. The molecule has 3 N–H and O–H groups in total. The highest BCUT2D eigenvalue weighted by Gasteiger charge is 2.27. The molecule has 0 bridgehead atoms. The lowest BCUT2D eigenvalue weighted by Crippen LogP contribution is -2.42. The number of rotatable bonds is 6. The minimum Gasteiger partial charge on any atom is -0.351 e. The van der Waals surface area contributed by atoms with Crippen molar-refractivity contribution in [2.45, 2.75) is 43.9 Å². The number of hydrogen-bond acceptors (Lipinski definition) is 3. The third kappa shape index (κ3) is 4.90. The van der Waals surface area contributed by atoms with E-state index in [-0.39, 0.29) is 29.6 Å². The van der Waals surface area contributed by atoms with Crippen LogP contribution in [0.25, 0.3) is 0 Å². The minimum absolute atomic E-state index is 0. The van der Waals surface area contributed by atoms with Crippen LogP contribution in [-0.2, 0) is 11.2 Å². The molecule has 0 radical (unpaired) electrons. The molecule has 0 aromatic heterocycles. The summed E-state index contributed by atoms with van der Waals surface area (Å²) < 4.78 is 0. The van der Waals surface area contributed by atoms with E-state index in [0.29, 0.717) is 6.54 Å². The van der Waals surface area contributed by atoms with Gasteiger partial charge in [0, 0.05) is 12.6 Å². The van der Waals surface area contributed by atoms with Crippen LogP contribution in [0.3, 0.4) is 0 Å². The monoisotopic (exact) mass is 328 g/mol. The maximum absolute atomic E-state index is 12.5. The Bertz CT molecular complexity index is 456. The molecule has 1 heterocycles. The molecule has 0 aliphatic carbocycles. The highest BCUT2D eigenvalue weighted by atomic mass is 35.5. The van der Waals surface area contributed by atoms with Crippen LogP contribution >= 0.6 is 24.2 Å². The van der Waals surface area contributed by atoms with E-state index >= 15 is 0 Å². The van der Waals surface area contributed by atoms with Crippen molar-refractivity contribution in [2.75, 3.05) is 12.3 Å². The highest BCUT2D eigenvalue weighted by molar-refractivity contribution is 8.00. The zero-order chi connectivity index (χ0) is 14.4. The maximum Gasteiger partial charge on any atom is 0.237 e. The minimum atomic E-state index is -0.0735. The Morgan fingerprint density at radius 3 is 2.95 bits per heavy atom. The van der Waals surface area contributed by atoms with E-state index in [1.54, 1.807) is 11.8 Å². The number of carbonyl (C=O) groups excluding carboxylic acids is 1. The van der Waals surface area contributed by atoms with Gasteiger partial charge in [-0.3, -0.25) is 4.79 Å². The molecule has 0 fully saturated rings. The quantitative estimate of drug-likeness (QED) is 0.843. The molecule has 0 saturated heterocycles. The van der Waals surface area contributed by atoms with Gasteiger partial charge in [0.1, 0.15) is 5.25 Å². The van der Waals surface area contributed by atoms with E-state index < -0.39 is 0 Å². The molecule has 21 heavy (non-hydrogen) atoms. The Labute approximate surface area is 137 Å². The van der Waals surface area contributed by atoms with Crippen LogP contribution in [0.1, 0.15) is 42.6 Å². The van der Waals surface area contributed by atoms with Crippen LogP contribution < -0.4 is 11.1 Å². The molecule has 2 atom stereocenters. The summed E-state index contributed by atoms with van der Waals surface area (Å²) in [6.45, 7) is 2.67. The first kappa shape index (κ1) is 18.3. The lowest BCUT2D eigenvalue weighted by Gasteiger charge is -2.26. The Hall–Kier alpha value is -0.710. The van der Waals surface area contributed by atoms with Gasteiger partial charge < -0.3 is 11.1 Å². The number of unbranched alkanes of at least 4 members (excludes halogenated alkanes) is 1. The molecule has 0 saturated carbocycles. The van der Waals surface area contributed by atoms with Crippen LogP contribution in [0, 0.1) is 0 Å². The molecule has 3 nitrogen and oxygen atoms in total. The summed E-state index contributed by atoms with van der Waals surface area (Å²) in [5.41, 5.74) is 8.25. The number of benzene rings is 1. The summed E-state index contributed by atoms with van der Waals surface area (Å²) in [6, 6.07) is 8.38. The first-order valence-corrected chi connectivity index (χ1v) is 8.51. The fraction of sp³-hybridized carbons (Fsp3) is 0.562. The van der Waals surface area contributed by atoms with Crippen molar-refractivity contribution >= 4 is 30.1 Å². The van der Waals surface area contributed by atoms with Crippen molar-refractivity contribution < 1.29 is 4.79 Å². The number of thioether (sulfide) groups is 1. The van der Waals surface area contributed by atoms with Crippen molar-refractivity contribution in [3.63, 3.8) is 0 Å². The Balaban J connectivity index is 0.00000220. The number of carbonyl (C=O) groups is 1. The molecule has 1 aliphatic rings. The predicted molar refractivity (Wildman–Crippen MR) is 93.1 cm³/mol. The van der Waals surface area contributed by atoms with Gasteiger partial charge in [-0.1, -0.05) is 44.0 Å². The van der Waals surface area contributed by atoms with Crippen molar-refractivity contribution in [3.8, 4) is 0 Å². The summed E-state index contributed by atoms with van der Waals surface area (Å²) in [6.07, 6.45) is 4.27. The van der Waals surface area contributed by atoms with E-state index in [1.165, 1.54) is 11.1 Å². The second-order valence-corrected chi connectivity index (χ2v) is 6.50. The van der Waals surface area contributed by atoms with Gasteiger partial charge in [0.15, 0.2) is 0 Å². The van der Waals surface area contributed by atoms with Gasteiger partial charge in [-0.05, 0) is 29.7 Å². The largest absolute Gasteiger partial charge is 0.351 e. The number of hydrogen-bond donors (Lipinski definition) is 2. The van der Waals surface area contributed by atoms with Gasteiger partial charge in [-0.25, -0.2) is 0 Å². The maximum atomic E-state index is 12.5. The number of amides is 1. The van der Waals surface area contributed by atoms with Crippen molar-refractivity contribution in [2.24, 2.45) is 5.73 Å². The van der Waals surface area contributed by atoms with Gasteiger partial charge in [0.05, 0.1) is 0 Å². The number of halogens is 1. The van der Waals surface area contributed by atoms with Gasteiger partial charge >= 0.3 is 0 Å². The lowest BCUT2D eigenvalue weighted by molar-refractivity contribution is -0.121. The molecular formula is C16H25ClN2OS. The number of nitrogens with one attached hydrogen (secondary N) is 1. The third-order valence-corrected chi connectivity index (χ3v) is 5.01. The number of aryl methyl sites for hydroxylation is 1.